The van der Waals surface area contributed by atoms with Gasteiger partial charge in [-0.1, -0.05) is 12.1 Å². The van der Waals surface area contributed by atoms with E-state index < -0.39 is 19.9 Å². The fourth-order valence-electron chi connectivity index (χ4n) is 3.42. The van der Waals surface area contributed by atoms with Gasteiger partial charge in [0.25, 0.3) is 5.91 Å². The van der Waals surface area contributed by atoms with Gasteiger partial charge in [-0.3, -0.25) is 14.5 Å². The fourth-order valence-corrected chi connectivity index (χ4v) is 3.42. The highest BCUT2D eigenvalue weighted by Crippen LogP contribution is 2.47. The highest BCUT2D eigenvalue weighted by Gasteiger charge is 2.30. The van der Waals surface area contributed by atoms with Crippen LogP contribution in [0.3, 0.4) is 0 Å². The molecule has 1 unspecified atom stereocenters. The first-order valence-corrected chi connectivity index (χ1v) is 8.36. The first-order chi connectivity index (χ1) is 15.4. The monoisotopic (exact) mass is 368 g/mol. The third kappa shape index (κ3) is 2.71. The molecule has 0 saturated carbocycles. The summed E-state index contributed by atoms with van der Waals surface area (Å²) in [4.78, 5) is 18.5. The molecule has 1 atom stereocenters. The number of carbonyl (C=O) groups is 1. The van der Waals surface area contributed by atoms with Crippen LogP contribution in [0.25, 0.3) is 11.3 Å². The third-order valence-electron chi connectivity index (χ3n) is 4.87. The quantitative estimate of drug-likeness (QED) is 0.743. The molecule has 7 nitrogen and oxygen atoms in total. The Hall–Kier alpha value is -3.35. The standard InChI is InChI=1S/C20H22N6O/c1-12-15-11-25(3)24-18(15)13-6-5-7-17(19(13)26(12)4)23-16-8-9-22-10-14(16)20(27)21-2/h5-12H,1-4H3,(H,21,27)(H,22,23)/i2D3,3D3. The minimum atomic E-state index is -2.64. The number of rotatable bonds is 3. The fraction of sp³-hybridized carbons (Fsp3) is 0.250. The SMILES string of the molecule is [2H]C([2H])([2H])NC(=O)c1cnccc1Nc1cccc2c1N(C)C(C)c1cn(C([2H])([2H])[2H])nc1-2. The Balaban J connectivity index is 1.78. The van der Waals surface area contributed by atoms with Crippen molar-refractivity contribution >= 4 is 23.0 Å². The van der Waals surface area contributed by atoms with Gasteiger partial charge in [0.1, 0.15) is 0 Å². The van der Waals surface area contributed by atoms with Gasteiger partial charge in [-0.2, -0.15) is 5.10 Å². The van der Waals surface area contributed by atoms with Gasteiger partial charge in [-0.05, 0) is 19.1 Å². The van der Waals surface area contributed by atoms with Crippen LogP contribution in [0, 0.1) is 0 Å². The smallest absolute Gasteiger partial charge is 0.254 e. The van der Waals surface area contributed by atoms with Crippen molar-refractivity contribution < 1.29 is 13.0 Å². The summed E-state index contributed by atoms with van der Waals surface area (Å²) in [6, 6.07) is 6.89. The van der Waals surface area contributed by atoms with E-state index in [1.807, 2.05) is 36.3 Å². The second-order valence-corrected chi connectivity index (χ2v) is 6.37. The van der Waals surface area contributed by atoms with Crippen LogP contribution in [0.4, 0.5) is 17.1 Å². The number of fused-ring (bicyclic) bond motifs is 3. The molecule has 0 saturated heterocycles. The molecule has 1 aromatic carbocycles. The van der Waals surface area contributed by atoms with Crippen molar-refractivity contribution in [2.24, 2.45) is 6.98 Å². The van der Waals surface area contributed by atoms with Gasteiger partial charge in [0.15, 0.2) is 0 Å². The van der Waals surface area contributed by atoms with E-state index in [0.29, 0.717) is 17.1 Å². The van der Waals surface area contributed by atoms with Gasteiger partial charge >= 0.3 is 0 Å². The lowest BCUT2D eigenvalue weighted by Gasteiger charge is -2.35. The van der Waals surface area contributed by atoms with Crippen LogP contribution in [0.5, 0.6) is 0 Å². The summed E-state index contributed by atoms with van der Waals surface area (Å²) in [6.07, 6.45) is 4.33. The van der Waals surface area contributed by atoms with Crippen molar-refractivity contribution in [1.82, 2.24) is 20.1 Å². The van der Waals surface area contributed by atoms with E-state index in [0.717, 1.165) is 21.5 Å². The minimum absolute atomic E-state index is 0.0742. The molecule has 138 valence electrons. The zero-order chi connectivity index (χ0) is 24.1. The van der Waals surface area contributed by atoms with E-state index in [2.05, 4.69) is 15.4 Å². The molecule has 4 rings (SSSR count). The maximum Gasteiger partial charge on any atom is 0.254 e. The first-order valence-electron chi connectivity index (χ1n) is 11.4. The summed E-state index contributed by atoms with van der Waals surface area (Å²) in [6.45, 7) is -3.08. The number of aryl methyl sites for hydroxylation is 1. The Kier molecular flexibility index (Phi) is 2.71. The number of benzene rings is 1. The number of hydrogen-bond acceptors (Lipinski definition) is 5. The van der Waals surface area contributed by atoms with Gasteiger partial charge in [-0.25, -0.2) is 0 Å². The maximum absolute atomic E-state index is 12.5. The molecule has 1 aliphatic heterocycles. The zero-order valence-electron chi connectivity index (χ0n) is 20.8. The van der Waals surface area contributed by atoms with E-state index in [1.54, 1.807) is 18.3 Å². The molecule has 1 amide bonds. The van der Waals surface area contributed by atoms with Crippen molar-refractivity contribution in [2.75, 3.05) is 24.2 Å². The number of pyridine rings is 1. The normalized spacial score (nSPS) is 19.3. The molecule has 1 aliphatic rings. The lowest BCUT2D eigenvalue weighted by Crippen LogP contribution is -2.26. The minimum Gasteiger partial charge on any atom is -0.365 e. The van der Waals surface area contributed by atoms with Gasteiger partial charge < -0.3 is 15.5 Å². The first kappa shape index (κ1) is 11.4. The molecule has 3 heterocycles. The van der Waals surface area contributed by atoms with Crippen molar-refractivity contribution in [2.45, 2.75) is 13.0 Å². The molecule has 7 heteroatoms. The molecule has 2 aromatic heterocycles. The third-order valence-corrected chi connectivity index (χ3v) is 4.87. The second-order valence-electron chi connectivity index (χ2n) is 6.37. The lowest BCUT2D eigenvalue weighted by molar-refractivity contribution is 0.0963. The van der Waals surface area contributed by atoms with Crippen LogP contribution >= 0.6 is 0 Å². The molecule has 0 spiro atoms. The number of hydrogen-bond donors (Lipinski definition) is 2. The average Bonchev–Trinajstić information content (AvgIpc) is 3.17. The molecule has 2 N–H and O–H groups in total. The Morgan fingerprint density at radius 3 is 3.00 bits per heavy atom. The predicted molar refractivity (Wildman–Crippen MR) is 106 cm³/mol. The van der Waals surface area contributed by atoms with Gasteiger partial charge in [0.05, 0.1) is 34.4 Å². The van der Waals surface area contributed by atoms with Crippen LogP contribution in [-0.2, 0) is 6.98 Å². The molecular weight excluding hydrogens is 340 g/mol. The molecule has 0 bridgehead atoms. The van der Waals surface area contributed by atoms with Crippen LogP contribution in [0.1, 0.15) is 37.1 Å². The Labute approximate surface area is 166 Å². The molecular formula is C20H22N6O. The molecule has 0 aliphatic carbocycles. The van der Waals surface area contributed by atoms with Crippen molar-refractivity contribution in [3.05, 3.63) is 54.0 Å². The highest BCUT2D eigenvalue weighted by molar-refractivity contribution is 6.01. The molecule has 0 radical (unpaired) electrons. The highest BCUT2D eigenvalue weighted by atomic mass is 16.1. The summed E-state index contributed by atoms with van der Waals surface area (Å²) >= 11 is 0. The van der Waals surface area contributed by atoms with Crippen LogP contribution < -0.4 is 15.5 Å². The van der Waals surface area contributed by atoms with Crippen LogP contribution in [0.2, 0.25) is 0 Å². The van der Waals surface area contributed by atoms with E-state index >= 15 is 0 Å². The lowest BCUT2D eigenvalue weighted by atomic mass is 9.94. The number of nitrogens with one attached hydrogen (secondary N) is 2. The summed E-state index contributed by atoms with van der Waals surface area (Å²) in [7, 11) is 1.89. The van der Waals surface area contributed by atoms with Gasteiger partial charge in [-0.15, -0.1) is 0 Å². The number of para-hydroxylation sites is 1. The topological polar surface area (TPSA) is 75.1 Å². The number of nitrogens with zero attached hydrogens (tertiary/aromatic N) is 4. The zero-order valence-corrected chi connectivity index (χ0v) is 14.8. The Morgan fingerprint density at radius 2 is 2.19 bits per heavy atom. The van der Waals surface area contributed by atoms with E-state index in [9.17, 15) is 4.79 Å². The molecule has 27 heavy (non-hydrogen) atoms. The van der Waals surface area contributed by atoms with E-state index in [-0.39, 0.29) is 11.6 Å². The second kappa shape index (κ2) is 6.42. The summed E-state index contributed by atoms with van der Waals surface area (Å²) in [5.41, 5.74) is 3.97. The van der Waals surface area contributed by atoms with Crippen molar-refractivity contribution in [3.8, 4) is 11.3 Å². The van der Waals surface area contributed by atoms with Crippen LogP contribution in [0.15, 0.2) is 42.9 Å². The molecule has 3 aromatic rings. The number of amides is 1. The number of carbonyl (C=O) groups excluding carboxylic acids is 1. The Bertz CT molecular complexity index is 1220. The number of aromatic nitrogens is 3. The van der Waals surface area contributed by atoms with E-state index in [1.165, 1.54) is 12.4 Å². The van der Waals surface area contributed by atoms with Gasteiger partial charge in [0.2, 0.25) is 0 Å². The summed E-state index contributed by atoms with van der Waals surface area (Å²) in [5, 5.41) is 9.53. The van der Waals surface area contributed by atoms with E-state index in [4.69, 9.17) is 8.22 Å². The number of anilines is 3. The average molecular weight is 368 g/mol. The van der Waals surface area contributed by atoms with Gasteiger partial charge in [0, 0.05) is 58.9 Å². The molecule has 0 fully saturated rings. The van der Waals surface area contributed by atoms with Crippen molar-refractivity contribution in [3.63, 3.8) is 0 Å². The summed E-state index contributed by atoms with van der Waals surface area (Å²) in [5.74, 6) is -0.782. The maximum atomic E-state index is 12.5. The summed E-state index contributed by atoms with van der Waals surface area (Å²) < 4.78 is 46.0. The van der Waals surface area contributed by atoms with Crippen molar-refractivity contribution in [1.29, 1.82) is 0 Å². The van der Waals surface area contributed by atoms with Crippen LogP contribution in [-0.4, -0.2) is 34.7 Å². The predicted octanol–water partition coefficient (Wildman–Crippen LogP) is 3.10. The largest absolute Gasteiger partial charge is 0.365 e. The Morgan fingerprint density at radius 1 is 1.30 bits per heavy atom.